The molecule has 0 saturated carbocycles. The Morgan fingerprint density at radius 2 is 1.50 bits per heavy atom. The Morgan fingerprint density at radius 3 is 2.12 bits per heavy atom. The van der Waals surface area contributed by atoms with E-state index in [9.17, 15) is 24.3 Å². The van der Waals surface area contributed by atoms with E-state index >= 15 is 0 Å². The number of rotatable bonds is 6. The average molecular weight is 559 g/mol. The van der Waals surface area contributed by atoms with Crippen LogP contribution in [-0.4, -0.2) is 47.3 Å². The van der Waals surface area contributed by atoms with Crippen LogP contribution in [0.1, 0.15) is 53.8 Å². The molecule has 9 heteroatoms. The van der Waals surface area contributed by atoms with Gasteiger partial charge in [0, 0.05) is 30.4 Å². The number of nitrogens with one attached hydrogen (secondary N) is 2. The first-order valence-corrected chi connectivity index (χ1v) is 13.2. The Hall–Kier alpha value is -5.75. The number of amides is 3. The summed E-state index contributed by atoms with van der Waals surface area (Å²) in [6, 6.07) is 25.9. The van der Waals surface area contributed by atoms with Crippen LogP contribution in [0.25, 0.3) is 11.1 Å². The standard InChI is InChI=1S/C33H26N4O5/c1-35-30(38)22-11-9-21(10-12-22)26-3-2-4-28-27(26)17-18-37(32(40)23-7-5-20(19-34)6-8-23)29(28)31(39)36-25-15-13-24(14-16-25)33(41)42/h2-16,29H,17-18H2,1H3,(H,35,38)(H,36,39)(H,41,42). The van der Waals surface area contributed by atoms with E-state index in [4.69, 9.17) is 5.26 Å². The van der Waals surface area contributed by atoms with Gasteiger partial charge in [-0.3, -0.25) is 14.4 Å². The van der Waals surface area contributed by atoms with Crippen molar-refractivity contribution < 1.29 is 24.3 Å². The summed E-state index contributed by atoms with van der Waals surface area (Å²) in [6.07, 6.45) is 0.488. The molecule has 0 spiro atoms. The second-order valence-electron chi connectivity index (χ2n) is 9.74. The summed E-state index contributed by atoms with van der Waals surface area (Å²) in [4.78, 5) is 52.4. The zero-order valence-electron chi connectivity index (χ0n) is 22.6. The summed E-state index contributed by atoms with van der Waals surface area (Å²) >= 11 is 0. The minimum Gasteiger partial charge on any atom is -0.478 e. The smallest absolute Gasteiger partial charge is 0.335 e. The molecule has 5 rings (SSSR count). The van der Waals surface area contributed by atoms with Gasteiger partial charge in [0.25, 0.3) is 17.7 Å². The lowest BCUT2D eigenvalue weighted by molar-refractivity contribution is -0.121. The van der Waals surface area contributed by atoms with Crippen molar-refractivity contribution in [3.05, 3.63) is 124 Å². The van der Waals surface area contributed by atoms with Gasteiger partial charge in [0.05, 0.1) is 17.2 Å². The van der Waals surface area contributed by atoms with Crippen molar-refractivity contribution in [3.8, 4) is 17.2 Å². The molecular weight excluding hydrogens is 532 g/mol. The van der Waals surface area contributed by atoms with E-state index in [2.05, 4.69) is 10.6 Å². The number of benzene rings is 4. The number of aromatic carboxylic acids is 1. The molecule has 0 bridgehead atoms. The van der Waals surface area contributed by atoms with Crippen LogP contribution in [-0.2, 0) is 11.2 Å². The van der Waals surface area contributed by atoms with E-state index in [0.717, 1.165) is 16.7 Å². The number of nitrogens with zero attached hydrogens (tertiary/aromatic N) is 2. The lowest BCUT2D eigenvalue weighted by Gasteiger charge is -2.37. The maximum atomic E-state index is 13.9. The summed E-state index contributed by atoms with van der Waals surface area (Å²) in [6.45, 7) is 0.259. The van der Waals surface area contributed by atoms with Crippen molar-refractivity contribution in [3.63, 3.8) is 0 Å². The van der Waals surface area contributed by atoms with Gasteiger partial charge in [0.2, 0.25) is 0 Å². The Kier molecular flexibility index (Phi) is 7.80. The topological polar surface area (TPSA) is 140 Å². The number of carboxylic acid groups (broad SMARTS) is 1. The van der Waals surface area contributed by atoms with Gasteiger partial charge in [-0.1, -0.05) is 30.3 Å². The number of carbonyl (C=O) groups is 4. The molecule has 4 aromatic carbocycles. The normalized spacial score (nSPS) is 13.8. The van der Waals surface area contributed by atoms with E-state index in [1.165, 1.54) is 29.2 Å². The lowest BCUT2D eigenvalue weighted by atomic mass is 9.85. The average Bonchev–Trinajstić information content (AvgIpc) is 3.03. The Balaban J connectivity index is 1.54. The summed E-state index contributed by atoms with van der Waals surface area (Å²) in [5, 5.41) is 23.8. The minimum absolute atomic E-state index is 0.0840. The number of carboxylic acids is 1. The van der Waals surface area contributed by atoms with Crippen molar-refractivity contribution in [2.75, 3.05) is 18.9 Å². The summed E-state index contributed by atoms with van der Waals surface area (Å²) in [5.41, 5.74) is 5.11. The predicted octanol–water partition coefficient (Wildman–Crippen LogP) is 4.66. The van der Waals surface area contributed by atoms with E-state index in [1.807, 2.05) is 36.4 Å². The Labute approximate surface area is 242 Å². The van der Waals surface area contributed by atoms with Gasteiger partial charge in [-0.15, -0.1) is 0 Å². The van der Waals surface area contributed by atoms with Crippen LogP contribution < -0.4 is 10.6 Å². The molecular formula is C33H26N4O5. The largest absolute Gasteiger partial charge is 0.478 e. The number of hydrogen-bond donors (Lipinski definition) is 3. The van der Waals surface area contributed by atoms with Gasteiger partial charge in [-0.25, -0.2) is 4.79 Å². The Morgan fingerprint density at radius 1 is 0.857 bits per heavy atom. The molecule has 0 saturated heterocycles. The molecule has 42 heavy (non-hydrogen) atoms. The molecule has 208 valence electrons. The van der Waals surface area contributed by atoms with Crippen LogP contribution in [0, 0.1) is 11.3 Å². The van der Waals surface area contributed by atoms with Crippen molar-refractivity contribution >= 4 is 29.4 Å². The van der Waals surface area contributed by atoms with Gasteiger partial charge in [0.1, 0.15) is 6.04 Å². The molecule has 3 amide bonds. The molecule has 1 aliphatic heterocycles. The number of carbonyl (C=O) groups excluding carboxylic acids is 3. The van der Waals surface area contributed by atoms with Gasteiger partial charge in [-0.05, 0) is 89.3 Å². The highest BCUT2D eigenvalue weighted by Crippen LogP contribution is 2.37. The highest BCUT2D eigenvalue weighted by atomic mass is 16.4. The van der Waals surface area contributed by atoms with E-state index in [1.54, 1.807) is 43.4 Å². The summed E-state index contributed by atoms with van der Waals surface area (Å²) < 4.78 is 0. The maximum Gasteiger partial charge on any atom is 0.335 e. The van der Waals surface area contributed by atoms with E-state index in [-0.39, 0.29) is 23.9 Å². The molecule has 1 aliphatic rings. The fraction of sp³-hybridized carbons (Fsp3) is 0.121. The SMILES string of the molecule is CNC(=O)c1ccc(-c2cccc3c2CCN(C(=O)c2ccc(C#N)cc2)C3C(=O)Nc2ccc(C(=O)O)cc2)cc1. The third kappa shape index (κ3) is 5.46. The molecule has 3 N–H and O–H groups in total. The predicted molar refractivity (Wildman–Crippen MR) is 156 cm³/mol. The number of anilines is 1. The van der Waals surface area contributed by atoms with Gasteiger partial charge in [-0.2, -0.15) is 5.26 Å². The van der Waals surface area contributed by atoms with Crippen LogP contribution in [0.2, 0.25) is 0 Å². The van der Waals surface area contributed by atoms with Crippen LogP contribution >= 0.6 is 0 Å². The quantitative estimate of drug-likeness (QED) is 0.315. The molecule has 0 aromatic heterocycles. The molecule has 0 fully saturated rings. The second kappa shape index (κ2) is 11.8. The van der Waals surface area contributed by atoms with Crippen LogP contribution in [0.5, 0.6) is 0 Å². The highest BCUT2D eigenvalue weighted by molar-refractivity contribution is 6.03. The number of hydrogen-bond acceptors (Lipinski definition) is 5. The van der Waals surface area contributed by atoms with Gasteiger partial charge < -0.3 is 20.6 Å². The zero-order valence-corrected chi connectivity index (χ0v) is 22.6. The second-order valence-corrected chi connectivity index (χ2v) is 9.74. The number of nitriles is 1. The first-order valence-electron chi connectivity index (χ1n) is 13.2. The van der Waals surface area contributed by atoms with Crippen molar-refractivity contribution in [2.24, 2.45) is 0 Å². The third-order valence-corrected chi connectivity index (χ3v) is 7.28. The molecule has 9 nitrogen and oxygen atoms in total. The first-order chi connectivity index (χ1) is 20.3. The third-order valence-electron chi connectivity index (χ3n) is 7.28. The highest BCUT2D eigenvalue weighted by Gasteiger charge is 2.37. The molecule has 0 radical (unpaired) electrons. The summed E-state index contributed by atoms with van der Waals surface area (Å²) in [7, 11) is 1.57. The fourth-order valence-corrected chi connectivity index (χ4v) is 5.15. The molecule has 0 aliphatic carbocycles. The molecule has 1 atom stereocenters. The lowest BCUT2D eigenvalue weighted by Crippen LogP contribution is -2.45. The fourth-order valence-electron chi connectivity index (χ4n) is 5.15. The van der Waals surface area contributed by atoms with Crippen LogP contribution in [0.4, 0.5) is 5.69 Å². The van der Waals surface area contributed by atoms with Crippen LogP contribution in [0.3, 0.4) is 0 Å². The number of fused-ring (bicyclic) bond motifs is 1. The monoisotopic (exact) mass is 558 g/mol. The van der Waals surface area contributed by atoms with Crippen LogP contribution in [0.15, 0.2) is 91.0 Å². The van der Waals surface area contributed by atoms with Crippen molar-refractivity contribution in [1.29, 1.82) is 5.26 Å². The molecule has 1 unspecified atom stereocenters. The minimum atomic E-state index is -1.08. The van der Waals surface area contributed by atoms with E-state index < -0.39 is 17.9 Å². The van der Waals surface area contributed by atoms with E-state index in [0.29, 0.717) is 34.4 Å². The maximum absolute atomic E-state index is 13.9. The van der Waals surface area contributed by atoms with Crippen molar-refractivity contribution in [1.82, 2.24) is 10.2 Å². The Bertz CT molecular complexity index is 1720. The van der Waals surface area contributed by atoms with Gasteiger partial charge >= 0.3 is 5.97 Å². The summed E-state index contributed by atoms with van der Waals surface area (Å²) in [5.74, 6) is -2.08. The molecule has 1 heterocycles. The van der Waals surface area contributed by atoms with Crippen molar-refractivity contribution in [2.45, 2.75) is 12.5 Å². The first kappa shape index (κ1) is 27.8. The molecule has 4 aromatic rings. The zero-order chi connectivity index (χ0) is 29.8. The van der Waals surface area contributed by atoms with Gasteiger partial charge in [0.15, 0.2) is 0 Å².